The number of nitrogens with zero attached hydrogens (tertiary/aromatic N) is 3. The van der Waals surface area contributed by atoms with Crippen LogP contribution in [0.3, 0.4) is 0 Å². The number of amides is 2. The van der Waals surface area contributed by atoms with E-state index in [2.05, 4.69) is 20.7 Å². The van der Waals surface area contributed by atoms with Crippen LogP contribution < -0.4 is 10.6 Å². The number of fused-ring (bicyclic) bond motifs is 1. The summed E-state index contributed by atoms with van der Waals surface area (Å²) in [6, 6.07) is 1.11. The second-order valence-electron chi connectivity index (χ2n) is 9.91. The minimum absolute atomic E-state index is 0.0135. The van der Waals surface area contributed by atoms with Gasteiger partial charge in [-0.1, -0.05) is 13.3 Å². The molecule has 4 rings (SSSR count). The lowest BCUT2D eigenvalue weighted by molar-refractivity contribution is -0.144. The summed E-state index contributed by atoms with van der Waals surface area (Å²) >= 11 is 0. The maximum atomic E-state index is 13.8. The molecule has 2 amide bonds. The first-order valence-corrected chi connectivity index (χ1v) is 12.3. The zero-order chi connectivity index (χ0) is 26.1. The van der Waals surface area contributed by atoms with E-state index in [0.29, 0.717) is 22.8 Å². The highest BCUT2D eigenvalue weighted by molar-refractivity contribution is 5.82. The maximum Gasteiger partial charge on any atom is 0.389 e. The molecule has 0 saturated heterocycles. The van der Waals surface area contributed by atoms with E-state index in [1.165, 1.54) is 10.7 Å². The van der Waals surface area contributed by atoms with Crippen molar-refractivity contribution < 1.29 is 31.5 Å². The minimum atomic E-state index is -4.40. The summed E-state index contributed by atoms with van der Waals surface area (Å²) in [5.74, 6) is -3.42. The third kappa shape index (κ3) is 6.70. The van der Waals surface area contributed by atoms with Gasteiger partial charge in [0.2, 0.25) is 17.7 Å². The van der Waals surface area contributed by atoms with Crippen molar-refractivity contribution in [3.63, 3.8) is 0 Å². The van der Waals surface area contributed by atoms with Gasteiger partial charge in [0.25, 0.3) is 0 Å². The van der Waals surface area contributed by atoms with Gasteiger partial charge in [-0.3, -0.25) is 9.59 Å². The van der Waals surface area contributed by atoms with Crippen molar-refractivity contribution in [2.75, 3.05) is 0 Å². The third-order valence-electron chi connectivity index (χ3n) is 7.15. The van der Waals surface area contributed by atoms with Crippen LogP contribution in [0.4, 0.5) is 22.0 Å². The molecule has 0 aromatic carbocycles. The van der Waals surface area contributed by atoms with E-state index in [1.807, 2.05) is 6.92 Å². The van der Waals surface area contributed by atoms with Gasteiger partial charge in [0.05, 0.1) is 30.6 Å². The van der Waals surface area contributed by atoms with Gasteiger partial charge in [0.15, 0.2) is 5.65 Å². The Bertz CT molecular complexity index is 1090. The van der Waals surface area contributed by atoms with Crippen LogP contribution in [-0.2, 0) is 16.1 Å². The van der Waals surface area contributed by atoms with Crippen LogP contribution in [0.15, 0.2) is 18.5 Å². The normalized spacial score (nSPS) is 22.8. The SMILES string of the molecule is CC[C@H]1C[C@H]1C(=O)N[C@H](c1cn2ncc(CNC(=O)CCC(F)(F)F)cc2n1)C1CCC(F)(F)CC1. The van der Waals surface area contributed by atoms with E-state index >= 15 is 0 Å². The molecular weight excluding hydrogens is 485 g/mol. The number of nitrogens with one attached hydrogen (secondary N) is 2. The Hall–Kier alpha value is -2.79. The second kappa shape index (κ2) is 10.3. The second-order valence-corrected chi connectivity index (χ2v) is 9.91. The fourth-order valence-corrected chi connectivity index (χ4v) is 4.83. The Balaban J connectivity index is 1.47. The van der Waals surface area contributed by atoms with E-state index in [4.69, 9.17) is 0 Å². The molecule has 2 aromatic rings. The van der Waals surface area contributed by atoms with Crippen molar-refractivity contribution in [1.29, 1.82) is 0 Å². The first kappa shape index (κ1) is 26.3. The lowest BCUT2D eigenvalue weighted by Crippen LogP contribution is -2.38. The topological polar surface area (TPSA) is 88.4 Å². The maximum absolute atomic E-state index is 13.8. The number of imidazole rings is 1. The summed E-state index contributed by atoms with van der Waals surface area (Å²) in [6.07, 6.45) is -1.36. The molecule has 2 aromatic heterocycles. The lowest BCUT2D eigenvalue weighted by atomic mass is 9.81. The van der Waals surface area contributed by atoms with Crippen LogP contribution >= 0.6 is 0 Å². The van der Waals surface area contributed by atoms with Crippen LogP contribution in [0.25, 0.3) is 5.65 Å². The molecule has 0 spiro atoms. The smallest absolute Gasteiger partial charge is 0.352 e. The predicted molar refractivity (Wildman–Crippen MR) is 120 cm³/mol. The number of alkyl halides is 5. The molecule has 198 valence electrons. The third-order valence-corrected chi connectivity index (χ3v) is 7.15. The van der Waals surface area contributed by atoms with Crippen LogP contribution in [0.5, 0.6) is 0 Å². The quantitative estimate of drug-likeness (QED) is 0.474. The molecule has 0 radical (unpaired) electrons. The molecule has 2 N–H and O–H groups in total. The highest BCUT2D eigenvalue weighted by atomic mass is 19.4. The van der Waals surface area contributed by atoms with Crippen molar-refractivity contribution in [2.24, 2.45) is 17.8 Å². The van der Waals surface area contributed by atoms with E-state index in [-0.39, 0.29) is 50.0 Å². The summed E-state index contributed by atoms with van der Waals surface area (Å²) in [5.41, 5.74) is 1.48. The predicted octanol–water partition coefficient (Wildman–Crippen LogP) is 4.72. The van der Waals surface area contributed by atoms with Gasteiger partial charge < -0.3 is 10.6 Å². The summed E-state index contributed by atoms with van der Waals surface area (Å²) in [5, 5.41) is 9.76. The van der Waals surface area contributed by atoms with Crippen LogP contribution in [0, 0.1) is 17.8 Å². The number of carbonyl (C=O) groups is 2. The Morgan fingerprint density at radius 2 is 1.97 bits per heavy atom. The van der Waals surface area contributed by atoms with Gasteiger partial charge in [-0.25, -0.2) is 18.3 Å². The molecule has 7 nitrogen and oxygen atoms in total. The summed E-state index contributed by atoms with van der Waals surface area (Å²) in [6.45, 7) is 2.02. The number of carbonyl (C=O) groups excluding carboxylic acids is 2. The van der Waals surface area contributed by atoms with Crippen molar-refractivity contribution in [2.45, 2.75) is 83.0 Å². The fourth-order valence-electron chi connectivity index (χ4n) is 4.83. The van der Waals surface area contributed by atoms with Gasteiger partial charge in [-0.05, 0) is 42.7 Å². The first-order valence-electron chi connectivity index (χ1n) is 12.3. The minimum Gasteiger partial charge on any atom is -0.352 e. The van der Waals surface area contributed by atoms with Gasteiger partial charge in [-0.15, -0.1) is 0 Å². The number of aromatic nitrogens is 3. The molecule has 36 heavy (non-hydrogen) atoms. The Morgan fingerprint density at radius 3 is 2.61 bits per heavy atom. The molecule has 0 bridgehead atoms. The number of hydrogen-bond donors (Lipinski definition) is 2. The van der Waals surface area contributed by atoms with Crippen LogP contribution in [0.1, 0.15) is 75.6 Å². The average molecular weight is 516 g/mol. The molecule has 2 aliphatic rings. The number of halogens is 5. The largest absolute Gasteiger partial charge is 0.389 e. The van der Waals surface area contributed by atoms with Crippen molar-refractivity contribution >= 4 is 17.5 Å². The van der Waals surface area contributed by atoms with Gasteiger partial charge >= 0.3 is 6.18 Å². The molecule has 2 saturated carbocycles. The molecule has 0 aliphatic heterocycles. The Labute approximate surface area is 205 Å². The molecule has 2 aliphatic carbocycles. The molecule has 2 heterocycles. The van der Waals surface area contributed by atoms with Gasteiger partial charge in [-0.2, -0.15) is 18.3 Å². The Kier molecular flexibility index (Phi) is 7.51. The van der Waals surface area contributed by atoms with Crippen LogP contribution in [-0.4, -0.2) is 38.5 Å². The zero-order valence-electron chi connectivity index (χ0n) is 20.0. The lowest BCUT2D eigenvalue weighted by Gasteiger charge is -2.33. The van der Waals surface area contributed by atoms with E-state index < -0.39 is 36.9 Å². The standard InChI is InChI=1S/C24H30F5N5O2/c1-2-15-10-17(15)22(36)33-21(16-3-6-23(25,26)7-4-16)18-13-34-19(32-18)9-14(12-31-34)11-30-20(35)5-8-24(27,28)29/h9,12-13,15-17,21H,2-8,10-11H2,1H3,(H,30,35)(H,33,36)/t15-,17+,21-/m0/s1. The van der Waals surface area contributed by atoms with E-state index in [1.54, 1.807) is 12.3 Å². The highest BCUT2D eigenvalue weighted by Crippen LogP contribution is 2.44. The summed E-state index contributed by atoms with van der Waals surface area (Å²) < 4.78 is 65.9. The van der Waals surface area contributed by atoms with E-state index in [0.717, 1.165) is 12.8 Å². The molecule has 12 heteroatoms. The molecule has 2 fully saturated rings. The summed E-state index contributed by atoms with van der Waals surface area (Å²) in [7, 11) is 0. The fraction of sp³-hybridized carbons (Fsp3) is 0.667. The van der Waals surface area contributed by atoms with Gasteiger partial charge in [0, 0.05) is 31.7 Å². The van der Waals surface area contributed by atoms with Crippen molar-refractivity contribution in [3.05, 3.63) is 29.7 Å². The Morgan fingerprint density at radius 1 is 1.25 bits per heavy atom. The van der Waals surface area contributed by atoms with E-state index in [9.17, 15) is 31.5 Å². The first-order chi connectivity index (χ1) is 16.9. The van der Waals surface area contributed by atoms with Crippen LogP contribution in [0.2, 0.25) is 0 Å². The van der Waals surface area contributed by atoms with Gasteiger partial charge in [0.1, 0.15) is 0 Å². The number of hydrogen-bond acceptors (Lipinski definition) is 4. The molecular formula is C24H30F5N5O2. The monoisotopic (exact) mass is 515 g/mol. The number of rotatable bonds is 9. The highest BCUT2D eigenvalue weighted by Gasteiger charge is 2.44. The zero-order valence-corrected chi connectivity index (χ0v) is 20.0. The summed E-state index contributed by atoms with van der Waals surface area (Å²) in [4.78, 5) is 29.1. The average Bonchev–Trinajstić information content (AvgIpc) is 3.50. The molecule has 3 atom stereocenters. The molecule has 0 unspecified atom stereocenters. The van der Waals surface area contributed by atoms with Crippen molar-refractivity contribution in [3.8, 4) is 0 Å². The van der Waals surface area contributed by atoms with Crippen molar-refractivity contribution in [1.82, 2.24) is 25.2 Å².